The lowest BCUT2D eigenvalue weighted by Crippen LogP contribution is -2.35. The highest BCUT2D eigenvalue weighted by molar-refractivity contribution is 7.85. The second kappa shape index (κ2) is 13.8. The molecule has 0 aliphatic heterocycles. The van der Waals surface area contributed by atoms with Crippen LogP contribution in [0.2, 0.25) is 0 Å². The molecule has 0 aromatic carbocycles. The maximum atomic E-state index is 11.1. The van der Waals surface area contributed by atoms with Crippen LogP contribution in [0.15, 0.2) is 12.2 Å². The summed E-state index contributed by atoms with van der Waals surface area (Å²) in [6.45, 7) is 1.27. The zero-order valence-electron chi connectivity index (χ0n) is 15.5. The first kappa shape index (κ1) is 23.6. The number of hydrogen-bond acceptors (Lipinski definition) is 6. The Morgan fingerprint density at radius 3 is 2.24 bits per heavy atom. The molecule has 0 spiro atoms. The minimum atomic E-state index is -3.53. The molecule has 0 aromatic rings. The minimum absolute atomic E-state index is 0.102. The van der Waals surface area contributed by atoms with Gasteiger partial charge in [0.2, 0.25) is 5.91 Å². The monoisotopic (exact) mass is 377 g/mol. The minimum Gasteiger partial charge on any atom is -0.469 e. The van der Waals surface area contributed by atoms with E-state index in [0.29, 0.717) is 6.42 Å². The summed E-state index contributed by atoms with van der Waals surface area (Å²) >= 11 is 0. The molecule has 0 saturated carbocycles. The van der Waals surface area contributed by atoms with Crippen LogP contribution in [0.25, 0.3) is 0 Å². The topological polar surface area (TPSA) is 98.8 Å². The lowest BCUT2D eigenvalue weighted by molar-refractivity contribution is -0.140. The third-order valence-corrected chi connectivity index (χ3v) is 4.01. The van der Waals surface area contributed by atoms with E-state index in [2.05, 4.69) is 10.1 Å². The maximum absolute atomic E-state index is 11.1. The molecule has 1 N–H and O–H groups in total. The molecule has 0 radical (unpaired) electrons. The Hall–Kier alpha value is -1.41. The number of amides is 1. The van der Waals surface area contributed by atoms with E-state index >= 15 is 0 Å². The first-order valence-corrected chi connectivity index (χ1v) is 10.4. The summed E-state index contributed by atoms with van der Waals surface area (Å²) in [6, 6.07) is -0.453. The van der Waals surface area contributed by atoms with Crippen LogP contribution in [0.3, 0.4) is 0 Å². The van der Waals surface area contributed by atoms with Crippen molar-refractivity contribution in [2.75, 3.05) is 20.0 Å². The second-order valence-corrected chi connectivity index (χ2v) is 7.60. The van der Waals surface area contributed by atoms with E-state index in [9.17, 15) is 18.0 Å². The summed E-state index contributed by atoms with van der Waals surface area (Å²) in [4.78, 5) is 22.1. The highest BCUT2D eigenvalue weighted by Gasteiger charge is 2.10. The van der Waals surface area contributed by atoms with Crippen LogP contribution in [0.1, 0.15) is 58.3 Å². The molecule has 25 heavy (non-hydrogen) atoms. The SMILES string of the molecule is COC(=O)CCCCCCCCC=CC(COS(C)(=O)=O)NC(C)=O. The van der Waals surface area contributed by atoms with Gasteiger partial charge in [0, 0.05) is 13.3 Å². The summed E-state index contributed by atoms with van der Waals surface area (Å²) in [5, 5.41) is 2.64. The Morgan fingerprint density at radius 2 is 1.68 bits per heavy atom. The van der Waals surface area contributed by atoms with Crippen molar-refractivity contribution >= 4 is 22.0 Å². The normalized spacial score (nSPS) is 12.9. The number of hydrogen-bond donors (Lipinski definition) is 1. The molecule has 0 fully saturated rings. The van der Waals surface area contributed by atoms with Crippen molar-refractivity contribution in [2.24, 2.45) is 0 Å². The number of nitrogens with one attached hydrogen (secondary N) is 1. The van der Waals surface area contributed by atoms with Gasteiger partial charge in [-0.2, -0.15) is 8.42 Å². The summed E-state index contributed by atoms with van der Waals surface area (Å²) < 4.78 is 31.3. The fourth-order valence-corrected chi connectivity index (χ4v) is 2.60. The number of esters is 1. The average molecular weight is 378 g/mol. The van der Waals surface area contributed by atoms with E-state index in [1.54, 1.807) is 6.08 Å². The van der Waals surface area contributed by atoms with Crippen molar-refractivity contribution in [2.45, 2.75) is 64.3 Å². The van der Waals surface area contributed by atoms with Gasteiger partial charge in [-0.25, -0.2) is 0 Å². The summed E-state index contributed by atoms with van der Waals surface area (Å²) in [5.41, 5.74) is 0. The molecular weight excluding hydrogens is 346 g/mol. The second-order valence-electron chi connectivity index (χ2n) is 5.96. The van der Waals surface area contributed by atoms with Gasteiger partial charge >= 0.3 is 5.97 Å². The molecule has 0 heterocycles. The molecule has 7 nitrogen and oxygen atoms in total. The number of methoxy groups -OCH3 is 1. The quantitative estimate of drug-likeness (QED) is 0.216. The van der Waals surface area contributed by atoms with Gasteiger partial charge in [-0.05, 0) is 19.3 Å². The van der Waals surface area contributed by atoms with Gasteiger partial charge in [-0.15, -0.1) is 0 Å². The number of carbonyl (C=O) groups is 2. The molecule has 0 aliphatic carbocycles. The average Bonchev–Trinajstić information content (AvgIpc) is 2.52. The van der Waals surface area contributed by atoms with Gasteiger partial charge < -0.3 is 10.1 Å². The van der Waals surface area contributed by atoms with Gasteiger partial charge in [-0.3, -0.25) is 13.8 Å². The van der Waals surface area contributed by atoms with Crippen molar-refractivity contribution in [3.05, 3.63) is 12.2 Å². The predicted molar refractivity (Wildman–Crippen MR) is 96.5 cm³/mol. The van der Waals surface area contributed by atoms with Crippen molar-refractivity contribution in [3.63, 3.8) is 0 Å². The molecule has 1 atom stereocenters. The Bertz CT molecular complexity index is 515. The zero-order chi connectivity index (χ0) is 19.1. The predicted octanol–water partition coefficient (Wildman–Crippen LogP) is 2.32. The van der Waals surface area contributed by atoms with Gasteiger partial charge in [0.15, 0.2) is 0 Å². The Labute approximate surface area is 151 Å². The van der Waals surface area contributed by atoms with Crippen LogP contribution in [0.5, 0.6) is 0 Å². The molecule has 0 aliphatic rings. The highest BCUT2D eigenvalue weighted by atomic mass is 32.2. The van der Waals surface area contributed by atoms with E-state index in [-0.39, 0.29) is 18.5 Å². The number of allylic oxidation sites excluding steroid dienone is 1. The summed E-state index contributed by atoms with van der Waals surface area (Å²) in [5.74, 6) is -0.391. The lowest BCUT2D eigenvalue weighted by atomic mass is 10.1. The van der Waals surface area contributed by atoms with Crippen LogP contribution >= 0.6 is 0 Å². The fourth-order valence-electron chi connectivity index (χ4n) is 2.20. The third-order valence-electron chi connectivity index (χ3n) is 3.45. The smallest absolute Gasteiger partial charge is 0.305 e. The Morgan fingerprint density at radius 1 is 1.08 bits per heavy atom. The molecule has 146 valence electrons. The van der Waals surface area contributed by atoms with Crippen molar-refractivity contribution in [1.82, 2.24) is 5.32 Å². The molecule has 8 heteroatoms. The van der Waals surface area contributed by atoms with Crippen molar-refractivity contribution < 1.29 is 26.9 Å². The van der Waals surface area contributed by atoms with E-state index < -0.39 is 16.2 Å². The Balaban J connectivity index is 3.83. The van der Waals surface area contributed by atoms with Crippen LogP contribution < -0.4 is 5.32 Å². The van der Waals surface area contributed by atoms with Crippen LogP contribution in [0.4, 0.5) is 0 Å². The number of carbonyl (C=O) groups excluding carboxylic acids is 2. The van der Waals surface area contributed by atoms with Crippen LogP contribution in [-0.4, -0.2) is 46.3 Å². The van der Waals surface area contributed by atoms with E-state index in [1.165, 1.54) is 14.0 Å². The molecule has 1 amide bonds. The first-order valence-electron chi connectivity index (χ1n) is 8.59. The van der Waals surface area contributed by atoms with Crippen LogP contribution in [0, 0.1) is 0 Å². The lowest BCUT2D eigenvalue weighted by Gasteiger charge is -2.13. The number of unbranched alkanes of at least 4 members (excludes halogenated alkanes) is 6. The summed E-state index contributed by atoms with van der Waals surface area (Å²) in [6.07, 6.45) is 12.2. The number of ether oxygens (including phenoxy) is 1. The Kier molecular flexibility index (Phi) is 13.1. The van der Waals surface area contributed by atoms with Gasteiger partial charge in [-0.1, -0.05) is 37.8 Å². The molecule has 0 saturated heterocycles. The van der Waals surface area contributed by atoms with E-state index in [1.807, 2.05) is 6.08 Å². The number of rotatable bonds is 14. The third kappa shape index (κ3) is 17.2. The maximum Gasteiger partial charge on any atom is 0.305 e. The highest BCUT2D eigenvalue weighted by Crippen LogP contribution is 2.09. The molecule has 1 unspecified atom stereocenters. The zero-order valence-corrected chi connectivity index (χ0v) is 16.3. The largest absolute Gasteiger partial charge is 0.469 e. The molecular formula is C17H31NO6S. The van der Waals surface area contributed by atoms with Gasteiger partial charge in [0.1, 0.15) is 0 Å². The van der Waals surface area contributed by atoms with Crippen molar-refractivity contribution in [1.29, 1.82) is 0 Å². The van der Waals surface area contributed by atoms with Crippen LogP contribution in [-0.2, 0) is 28.6 Å². The molecule has 0 aromatic heterocycles. The molecule has 0 bridgehead atoms. The first-order chi connectivity index (χ1) is 11.7. The standard InChI is InChI=1S/C17H31NO6S/c1-15(19)18-16(14-24-25(3,21)22)12-10-8-6-4-5-7-9-11-13-17(20)23-2/h10,12,16H,4-9,11,13-14H2,1-3H3,(H,18,19). The fraction of sp³-hybridized carbons (Fsp3) is 0.765. The summed E-state index contributed by atoms with van der Waals surface area (Å²) in [7, 11) is -2.12. The van der Waals surface area contributed by atoms with Gasteiger partial charge in [0.25, 0.3) is 10.1 Å². The van der Waals surface area contributed by atoms with E-state index in [4.69, 9.17) is 4.18 Å². The molecule has 0 rings (SSSR count). The van der Waals surface area contributed by atoms with Crippen molar-refractivity contribution in [3.8, 4) is 0 Å². The van der Waals surface area contributed by atoms with E-state index in [0.717, 1.165) is 51.2 Å². The van der Waals surface area contributed by atoms with Gasteiger partial charge in [0.05, 0.1) is 26.0 Å².